The van der Waals surface area contributed by atoms with Crippen molar-refractivity contribution in [2.75, 3.05) is 5.32 Å². The number of aryl methyl sites for hydroxylation is 2. The number of nitrogens with one attached hydrogen (secondary N) is 1. The minimum Gasteiger partial charge on any atom is -0.320 e. The Kier molecular flexibility index (Phi) is 5.49. The topological polar surface area (TPSA) is 112 Å². The highest BCUT2D eigenvalue weighted by Crippen LogP contribution is 2.40. The van der Waals surface area contributed by atoms with E-state index in [0.29, 0.717) is 12.3 Å². The fourth-order valence-electron chi connectivity index (χ4n) is 4.12. The lowest BCUT2D eigenvalue weighted by atomic mass is 9.89. The van der Waals surface area contributed by atoms with Crippen molar-refractivity contribution in [3.63, 3.8) is 0 Å². The standard InChI is InChI=1S/C22H27N5O3S/c1-14(2)10-12-27-22-21(15(3)25-27)18(13-20(28)24-22)19-5-4-11-26(19)16-6-8-17(9-7-16)31(23,29)30/h4-9,11,14,18H,10,12-13H2,1-3H3,(H,24,28)(H2,23,29,30). The highest BCUT2D eigenvalue weighted by molar-refractivity contribution is 7.89. The fraction of sp³-hybridized carbons (Fsp3) is 0.364. The number of carbonyl (C=O) groups is 1. The number of fused-ring (bicyclic) bond motifs is 1. The first-order valence-electron chi connectivity index (χ1n) is 10.3. The van der Waals surface area contributed by atoms with E-state index >= 15 is 0 Å². The zero-order chi connectivity index (χ0) is 22.3. The van der Waals surface area contributed by atoms with Gasteiger partial charge in [-0.15, -0.1) is 0 Å². The summed E-state index contributed by atoms with van der Waals surface area (Å²) in [6.45, 7) is 7.05. The molecule has 31 heavy (non-hydrogen) atoms. The van der Waals surface area contributed by atoms with Gasteiger partial charge in [0.15, 0.2) is 0 Å². The van der Waals surface area contributed by atoms with E-state index in [-0.39, 0.29) is 16.7 Å². The van der Waals surface area contributed by atoms with Crippen molar-refractivity contribution in [1.82, 2.24) is 14.3 Å². The molecule has 0 spiro atoms. The number of hydrogen-bond donors (Lipinski definition) is 2. The second-order valence-corrected chi connectivity index (χ2v) is 9.96. The van der Waals surface area contributed by atoms with Crippen LogP contribution < -0.4 is 10.5 Å². The Morgan fingerprint density at radius 2 is 1.94 bits per heavy atom. The van der Waals surface area contributed by atoms with Crippen LogP contribution in [0.25, 0.3) is 5.69 Å². The van der Waals surface area contributed by atoms with Crippen LogP contribution in [0.4, 0.5) is 5.82 Å². The lowest BCUT2D eigenvalue weighted by Crippen LogP contribution is -2.26. The van der Waals surface area contributed by atoms with Gasteiger partial charge in [0.2, 0.25) is 15.9 Å². The second kappa shape index (κ2) is 7.97. The first kappa shape index (κ1) is 21.3. The monoisotopic (exact) mass is 441 g/mol. The van der Waals surface area contributed by atoms with E-state index in [1.165, 1.54) is 12.1 Å². The minimum atomic E-state index is -3.75. The molecule has 4 rings (SSSR count). The second-order valence-electron chi connectivity index (χ2n) is 8.40. The highest BCUT2D eigenvalue weighted by atomic mass is 32.2. The van der Waals surface area contributed by atoms with Crippen molar-refractivity contribution < 1.29 is 13.2 Å². The molecule has 1 atom stereocenters. The number of nitrogens with two attached hydrogens (primary N) is 1. The molecule has 0 radical (unpaired) electrons. The molecule has 0 fully saturated rings. The van der Waals surface area contributed by atoms with Gasteiger partial charge < -0.3 is 9.88 Å². The molecule has 2 aromatic heterocycles. The molecule has 3 heterocycles. The molecule has 8 nitrogen and oxygen atoms in total. The number of benzene rings is 1. The highest BCUT2D eigenvalue weighted by Gasteiger charge is 2.33. The Bertz CT molecular complexity index is 1220. The molecule has 1 aliphatic rings. The smallest absolute Gasteiger partial charge is 0.238 e. The molecule has 1 aromatic carbocycles. The number of amides is 1. The molecule has 1 unspecified atom stereocenters. The van der Waals surface area contributed by atoms with E-state index in [1.807, 2.05) is 34.5 Å². The number of rotatable bonds is 6. The number of anilines is 1. The van der Waals surface area contributed by atoms with Gasteiger partial charge in [-0.3, -0.25) is 4.79 Å². The van der Waals surface area contributed by atoms with Crippen molar-refractivity contribution in [1.29, 1.82) is 0 Å². The first-order valence-corrected chi connectivity index (χ1v) is 11.9. The first-order chi connectivity index (χ1) is 14.6. The normalized spacial score (nSPS) is 16.4. The van der Waals surface area contributed by atoms with Crippen molar-refractivity contribution in [2.24, 2.45) is 11.1 Å². The van der Waals surface area contributed by atoms with Crippen LogP contribution >= 0.6 is 0 Å². The number of hydrogen-bond acceptors (Lipinski definition) is 4. The van der Waals surface area contributed by atoms with Gasteiger partial charge in [0, 0.05) is 42.0 Å². The Morgan fingerprint density at radius 3 is 2.58 bits per heavy atom. The molecule has 1 aliphatic heterocycles. The third kappa shape index (κ3) is 4.15. The zero-order valence-corrected chi connectivity index (χ0v) is 18.7. The third-order valence-corrected chi connectivity index (χ3v) is 6.60. The number of sulfonamides is 1. The number of primary sulfonamides is 1. The van der Waals surface area contributed by atoms with E-state index in [9.17, 15) is 13.2 Å². The van der Waals surface area contributed by atoms with Gasteiger partial charge >= 0.3 is 0 Å². The van der Waals surface area contributed by atoms with E-state index in [2.05, 4.69) is 19.2 Å². The van der Waals surface area contributed by atoms with Crippen molar-refractivity contribution in [2.45, 2.75) is 51.0 Å². The fourth-order valence-corrected chi connectivity index (χ4v) is 4.63. The largest absolute Gasteiger partial charge is 0.320 e. The zero-order valence-electron chi connectivity index (χ0n) is 17.9. The SMILES string of the molecule is Cc1nn(CCC(C)C)c2c1C(c1cccn1-c1ccc(S(N)(=O)=O)cc1)CC(=O)N2. The Balaban J connectivity index is 1.75. The van der Waals surface area contributed by atoms with Crippen LogP contribution in [-0.2, 0) is 21.4 Å². The van der Waals surface area contributed by atoms with Gasteiger partial charge in [0.05, 0.1) is 10.6 Å². The van der Waals surface area contributed by atoms with Crippen LogP contribution in [0.3, 0.4) is 0 Å². The summed E-state index contributed by atoms with van der Waals surface area (Å²) in [6, 6.07) is 10.3. The summed E-state index contributed by atoms with van der Waals surface area (Å²) in [5, 5.41) is 12.9. The van der Waals surface area contributed by atoms with Crippen LogP contribution in [0.2, 0.25) is 0 Å². The van der Waals surface area contributed by atoms with E-state index in [0.717, 1.165) is 41.4 Å². The van der Waals surface area contributed by atoms with Crippen LogP contribution in [0, 0.1) is 12.8 Å². The molecular weight excluding hydrogens is 414 g/mol. The summed E-state index contributed by atoms with van der Waals surface area (Å²) in [5.74, 6) is 1.12. The molecular formula is C22H27N5O3S. The molecule has 164 valence electrons. The number of aromatic nitrogens is 3. The molecule has 0 bridgehead atoms. The Hall–Kier alpha value is -2.91. The molecule has 0 aliphatic carbocycles. The summed E-state index contributed by atoms with van der Waals surface area (Å²) in [6.07, 6.45) is 3.20. The average molecular weight is 442 g/mol. The van der Waals surface area contributed by atoms with Gasteiger partial charge in [0.1, 0.15) is 5.82 Å². The predicted octanol–water partition coefficient (Wildman–Crippen LogP) is 3.15. The maximum absolute atomic E-state index is 12.6. The maximum atomic E-state index is 12.6. The van der Waals surface area contributed by atoms with Gasteiger partial charge in [-0.2, -0.15) is 5.10 Å². The summed E-state index contributed by atoms with van der Waals surface area (Å²) >= 11 is 0. The van der Waals surface area contributed by atoms with Crippen molar-refractivity contribution >= 4 is 21.7 Å². The van der Waals surface area contributed by atoms with Gasteiger partial charge in [0.25, 0.3) is 0 Å². The molecule has 9 heteroatoms. The van der Waals surface area contributed by atoms with Gasteiger partial charge in [-0.1, -0.05) is 13.8 Å². The molecule has 0 saturated heterocycles. The number of nitrogens with zero attached hydrogens (tertiary/aromatic N) is 3. The molecule has 3 N–H and O–H groups in total. The van der Waals surface area contributed by atoms with Crippen LogP contribution in [-0.4, -0.2) is 28.7 Å². The molecule has 3 aromatic rings. The van der Waals surface area contributed by atoms with E-state index < -0.39 is 10.0 Å². The van der Waals surface area contributed by atoms with Crippen LogP contribution in [0.1, 0.15) is 49.6 Å². The Morgan fingerprint density at radius 1 is 1.23 bits per heavy atom. The van der Waals surface area contributed by atoms with E-state index in [1.54, 1.807) is 12.1 Å². The average Bonchev–Trinajstić information content (AvgIpc) is 3.30. The lowest BCUT2D eigenvalue weighted by molar-refractivity contribution is -0.116. The molecule has 1 amide bonds. The lowest BCUT2D eigenvalue weighted by Gasteiger charge is -2.25. The summed E-state index contributed by atoms with van der Waals surface area (Å²) in [4.78, 5) is 12.7. The van der Waals surface area contributed by atoms with Crippen LogP contribution in [0.15, 0.2) is 47.5 Å². The van der Waals surface area contributed by atoms with Gasteiger partial charge in [-0.05, 0) is 55.7 Å². The number of carbonyl (C=O) groups excluding carboxylic acids is 1. The summed E-state index contributed by atoms with van der Waals surface area (Å²) < 4.78 is 27.0. The summed E-state index contributed by atoms with van der Waals surface area (Å²) in [5.41, 5.74) is 3.68. The Labute approximate surface area is 182 Å². The van der Waals surface area contributed by atoms with Gasteiger partial charge in [-0.25, -0.2) is 18.2 Å². The quantitative estimate of drug-likeness (QED) is 0.612. The van der Waals surface area contributed by atoms with Crippen molar-refractivity contribution in [3.8, 4) is 5.69 Å². The third-order valence-electron chi connectivity index (χ3n) is 5.67. The van der Waals surface area contributed by atoms with Crippen LogP contribution in [0.5, 0.6) is 0 Å². The molecule has 0 saturated carbocycles. The van der Waals surface area contributed by atoms with Crippen molar-refractivity contribution in [3.05, 3.63) is 59.5 Å². The predicted molar refractivity (Wildman–Crippen MR) is 119 cm³/mol. The summed E-state index contributed by atoms with van der Waals surface area (Å²) in [7, 11) is -3.75. The van der Waals surface area contributed by atoms with E-state index in [4.69, 9.17) is 10.2 Å². The minimum absolute atomic E-state index is 0.0412. The maximum Gasteiger partial charge on any atom is 0.238 e.